The third kappa shape index (κ3) is 4.58. The minimum atomic E-state index is -0.815. The maximum atomic E-state index is 13.3. The van der Waals surface area contributed by atoms with Crippen molar-refractivity contribution in [2.45, 2.75) is 12.5 Å². The van der Waals surface area contributed by atoms with Crippen LogP contribution in [0.2, 0.25) is 0 Å². The summed E-state index contributed by atoms with van der Waals surface area (Å²) in [5.41, 5.74) is 1.49. The summed E-state index contributed by atoms with van der Waals surface area (Å²) in [6, 6.07) is 13.5. The maximum Gasteiger partial charge on any atom is 0.224 e. The molecule has 0 spiro atoms. The number of aliphatic hydroxyl groups is 1. The van der Waals surface area contributed by atoms with Crippen LogP contribution < -0.4 is 10.1 Å². The number of rotatable bonds is 7. The van der Waals surface area contributed by atoms with Crippen molar-refractivity contribution in [3.63, 3.8) is 0 Å². The predicted molar refractivity (Wildman–Crippen MR) is 92.9 cm³/mol. The molecule has 0 saturated heterocycles. The SMILES string of the molecule is O=C(Cc1c[nH]c2ccc(F)cc12)NC[C@@H](O)COc1ccccc1. The molecule has 3 N–H and O–H groups in total. The summed E-state index contributed by atoms with van der Waals surface area (Å²) in [4.78, 5) is 15.1. The highest BCUT2D eigenvalue weighted by atomic mass is 19.1. The standard InChI is InChI=1S/C19H19FN2O3/c20-14-6-7-18-17(9-14)13(10-21-18)8-19(24)22-11-15(23)12-25-16-4-2-1-3-5-16/h1-7,9-10,15,21,23H,8,11-12H2,(H,22,24)/t15-/m1/s1. The van der Waals surface area contributed by atoms with Gasteiger partial charge in [-0.25, -0.2) is 4.39 Å². The Bertz CT molecular complexity index is 848. The van der Waals surface area contributed by atoms with Crippen molar-refractivity contribution in [2.24, 2.45) is 0 Å². The number of halogens is 1. The van der Waals surface area contributed by atoms with Crippen LogP contribution in [0.5, 0.6) is 5.75 Å². The van der Waals surface area contributed by atoms with Crippen molar-refractivity contribution in [3.8, 4) is 5.75 Å². The quantitative estimate of drug-likeness (QED) is 0.617. The molecular formula is C19H19FN2O3. The smallest absolute Gasteiger partial charge is 0.224 e. The van der Waals surface area contributed by atoms with E-state index < -0.39 is 6.10 Å². The van der Waals surface area contributed by atoms with Crippen molar-refractivity contribution in [3.05, 3.63) is 66.1 Å². The molecule has 0 unspecified atom stereocenters. The Balaban J connectivity index is 1.48. The lowest BCUT2D eigenvalue weighted by Crippen LogP contribution is -2.36. The van der Waals surface area contributed by atoms with E-state index in [1.165, 1.54) is 12.1 Å². The van der Waals surface area contributed by atoms with Crippen molar-refractivity contribution >= 4 is 16.8 Å². The van der Waals surface area contributed by atoms with Gasteiger partial charge in [0, 0.05) is 23.6 Å². The number of nitrogens with one attached hydrogen (secondary N) is 2. The third-order valence-corrected chi connectivity index (χ3v) is 3.80. The molecule has 0 aliphatic carbocycles. The lowest BCUT2D eigenvalue weighted by Gasteiger charge is -2.13. The van der Waals surface area contributed by atoms with Crippen LogP contribution in [0.3, 0.4) is 0 Å². The molecule has 0 radical (unpaired) electrons. The summed E-state index contributed by atoms with van der Waals surface area (Å²) in [6.07, 6.45) is 0.985. The first kappa shape index (κ1) is 17.0. The van der Waals surface area contributed by atoms with Gasteiger partial charge in [0.15, 0.2) is 0 Å². The summed E-state index contributed by atoms with van der Waals surface area (Å²) in [6.45, 7) is 0.172. The van der Waals surface area contributed by atoms with Crippen LogP contribution in [0, 0.1) is 5.82 Å². The van der Waals surface area contributed by atoms with E-state index in [0.29, 0.717) is 16.7 Å². The maximum absolute atomic E-state index is 13.3. The van der Waals surface area contributed by atoms with Gasteiger partial charge in [-0.3, -0.25) is 4.79 Å². The molecule has 0 aliphatic rings. The molecule has 6 heteroatoms. The van der Waals surface area contributed by atoms with Crippen molar-refractivity contribution in [1.29, 1.82) is 0 Å². The topological polar surface area (TPSA) is 74.4 Å². The zero-order chi connectivity index (χ0) is 17.6. The molecule has 1 aromatic heterocycles. The third-order valence-electron chi connectivity index (χ3n) is 3.80. The Labute approximate surface area is 144 Å². The van der Waals surface area contributed by atoms with E-state index in [4.69, 9.17) is 4.74 Å². The van der Waals surface area contributed by atoms with Crippen LogP contribution in [0.1, 0.15) is 5.56 Å². The van der Waals surface area contributed by atoms with E-state index >= 15 is 0 Å². The van der Waals surface area contributed by atoms with Gasteiger partial charge in [0.2, 0.25) is 5.91 Å². The van der Waals surface area contributed by atoms with E-state index in [9.17, 15) is 14.3 Å². The lowest BCUT2D eigenvalue weighted by atomic mass is 10.1. The molecule has 1 heterocycles. The molecule has 0 bridgehead atoms. The Kier molecular flexibility index (Phi) is 5.30. The molecule has 25 heavy (non-hydrogen) atoms. The summed E-state index contributed by atoms with van der Waals surface area (Å²) in [5, 5.41) is 13.2. The average Bonchev–Trinajstić information content (AvgIpc) is 3.01. The molecule has 1 amide bonds. The fourth-order valence-corrected chi connectivity index (χ4v) is 2.53. The minimum absolute atomic E-state index is 0.0857. The van der Waals surface area contributed by atoms with Gasteiger partial charge >= 0.3 is 0 Å². The lowest BCUT2D eigenvalue weighted by molar-refractivity contribution is -0.120. The molecule has 3 rings (SSSR count). The number of aliphatic hydroxyl groups excluding tert-OH is 1. The van der Waals surface area contributed by atoms with Gasteiger partial charge < -0.3 is 20.1 Å². The molecule has 5 nitrogen and oxygen atoms in total. The second-order valence-corrected chi connectivity index (χ2v) is 5.76. The van der Waals surface area contributed by atoms with E-state index in [1.54, 1.807) is 24.4 Å². The van der Waals surface area contributed by atoms with Crippen LogP contribution in [0.15, 0.2) is 54.7 Å². The highest BCUT2D eigenvalue weighted by molar-refractivity contribution is 5.88. The van der Waals surface area contributed by atoms with E-state index in [2.05, 4.69) is 10.3 Å². The van der Waals surface area contributed by atoms with Crippen molar-refractivity contribution in [1.82, 2.24) is 10.3 Å². The van der Waals surface area contributed by atoms with Gasteiger partial charge in [-0.15, -0.1) is 0 Å². The molecule has 3 aromatic rings. The summed E-state index contributed by atoms with van der Waals surface area (Å²) in [7, 11) is 0. The first-order valence-electron chi connectivity index (χ1n) is 8.00. The first-order valence-corrected chi connectivity index (χ1v) is 8.00. The molecule has 0 aliphatic heterocycles. The summed E-state index contributed by atoms with van der Waals surface area (Å²) in [5.74, 6) is 0.0693. The van der Waals surface area contributed by atoms with Crippen LogP contribution in [-0.4, -0.2) is 35.3 Å². The Morgan fingerprint density at radius 3 is 2.84 bits per heavy atom. The predicted octanol–water partition coefficient (Wildman–Crippen LogP) is 2.41. The van der Waals surface area contributed by atoms with Gasteiger partial charge in [-0.1, -0.05) is 18.2 Å². The number of hydrogen-bond acceptors (Lipinski definition) is 3. The number of hydrogen-bond donors (Lipinski definition) is 3. The summed E-state index contributed by atoms with van der Waals surface area (Å²) >= 11 is 0. The van der Waals surface area contributed by atoms with E-state index in [-0.39, 0.29) is 31.3 Å². The Morgan fingerprint density at radius 2 is 2.04 bits per heavy atom. The second-order valence-electron chi connectivity index (χ2n) is 5.76. The van der Waals surface area contributed by atoms with Crippen LogP contribution in [0.4, 0.5) is 4.39 Å². The number of para-hydroxylation sites is 1. The van der Waals surface area contributed by atoms with Crippen LogP contribution >= 0.6 is 0 Å². The number of aromatic nitrogens is 1. The minimum Gasteiger partial charge on any atom is -0.491 e. The number of aromatic amines is 1. The van der Waals surface area contributed by atoms with Gasteiger partial charge in [-0.05, 0) is 35.9 Å². The van der Waals surface area contributed by atoms with Crippen molar-refractivity contribution in [2.75, 3.05) is 13.2 Å². The number of amides is 1. The van der Waals surface area contributed by atoms with Crippen molar-refractivity contribution < 1.29 is 19.0 Å². The number of fused-ring (bicyclic) bond motifs is 1. The fraction of sp³-hybridized carbons (Fsp3) is 0.211. The normalized spacial score (nSPS) is 12.1. The fourth-order valence-electron chi connectivity index (χ4n) is 2.53. The molecule has 130 valence electrons. The monoisotopic (exact) mass is 342 g/mol. The van der Waals surface area contributed by atoms with Gasteiger partial charge in [-0.2, -0.15) is 0 Å². The average molecular weight is 342 g/mol. The molecule has 1 atom stereocenters. The van der Waals surface area contributed by atoms with Crippen LogP contribution in [0.25, 0.3) is 10.9 Å². The first-order chi connectivity index (χ1) is 12.1. The molecule has 0 fully saturated rings. The molecule has 0 saturated carbocycles. The van der Waals surface area contributed by atoms with Gasteiger partial charge in [0.1, 0.15) is 24.3 Å². The highest BCUT2D eigenvalue weighted by Gasteiger charge is 2.12. The number of carbonyl (C=O) groups excluding carboxylic acids is 1. The van der Waals surface area contributed by atoms with Gasteiger partial charge in [0.25, 0.3) is 0 Å². The van der Waals surface area contributed by atoms with Crippen LogP contribution in [-0.2, 0) is 11.2 Å². The number of H-pyrrole nitrogens is 1. The molecular weight excluding hydrogens is 323 g/mol. The zero-order valence-electron chi connectivity index (χ0n) is 13.5. The number of carbonyl (C=O) groups is 1. The largest absolute Gasteiger partial charge is 0.491 e. The Morgan fingerprint density at radius 1 is 1.24 bits per heavy atom. The van der Waals surface area contributed by atoms with Gasteiger partial charge in [0.05, 0.1) is 6.42 Å². The summed E-state index contributed by atoms with van der Waals surface area (Å²) < 4.78 is 18.8. The number of benzene rings is 2. The Hall–Kier alpha value is -2.86. The number of ether oxygens (including phenoxy) is 1. The zero-order valence-corrected chi connectivity index (χ0v) is 13.5. The van der Waals surface area contributed by atoms with E-state index in [0.717, 1.165) is 5.52 Å². The molecule has 2 aromatic carbocycles. The van der Waals surface area contributed by atoms with E-state index in [1.807, 2.05) is 18.2 Å². The second kappa shape index (κ2) is 7.81. The highest BCUT2D eigenvalue weighted by Crippen LogP contribution is 2.19.